The number of aliphatic hydroxyl groups is 1. The van der Waals surface area contributed by atoms with E-state index in [2.05, 4.69) is 0 Å². The summed E-state index contributed by atoms with van der Waals surface area (Å²) in [7, 11) is 0. The lowest BCUT2D eigenvalue weighted by Crippen LogP contribution is -2.64. The van der Waals surface area contributed by atoms with Crippen LogP contribution in [0, 0.1) is 11.6 Å². The molecule has 0 bridgehead atoms. The molecule has 4 rings (SSSR count). The van der Waals surface area contributed by atoms with Crippen LogP contribution in [0.1, 0.15) is 37.5 Å². The molecule has 1 unspecified atom stereocenters. The highest BCUT2D eigenvalue weighted by Crippen LogP contribution is 2.39. The lowest BCUT2D eigenvalue weighted by molar-refractivity contribution is -0.140. The summed E-state index contributed by atoms with van der Waals surface area (Å²) in [5, 5.41) is 11.3. The Morgan fingerprint density at radius 2 is 1.58 bits per heavy atom. The number of carbonyl (C=O) groups is 1. The minimum Gasteiger partial charge on any atom is -0.444 e. The van der Waals surface area contributed by atoms with Gasteiger partial charge in [0.1, 0.15) is 22.8 Å². The third-order valence-corrected chi connectivity index (χ3v) is 6.63. The fourth-order valence-electron chi connectivity index (χ4n) is 4.86. The van der Waals surface area contributed by atoms with Crippen LogP contribution in [0.3, 0.4) is 0 Å². The van der Waals surface area contributed by atoms with E-state index in [1.807, 2.05) is 60.7 Å². The van der Waals surface area contributed by atoms with Crippen molar-refractivity contribution in [1.82, 2.24) is 4.90 Å². The van der Waals surface area contributed by atoms with Crippen molar-refractivity contribution in [2.75, 3.05) is 13.2 Å². The van der Waals surface area contributed by atoms with Gasteiger partial charge in [0, 0.05) is 12.1 Å². The highest BCUT2D eigenvalue weighted by atomic mass is 19.1. The molecule has 3 aromatic carbocycles. The molecule has 1 amide bonds. The summed E-state index contributed by atoms with van der Waals surface area (Å²) < 4.78 is 39.7. The van der Waals surface area contributed by atoms with Gasteiger partial charge in [0.15, 0.2) is 0 Å². The molecule has 0 spiro atoms. The Morgan fingerprint density at radius 3 is 2.08 bits per heavy atom. The molecule has 1 aliphatic heterocycles. The zero-order chi connectivity index (χ0) is 27.5. The quantitative estimate of drug-likeness (QED) is 0.485. The first-order valence-corrected chi connectivity index (χ1v) is 12.6. The van der Waals surface area contributed by atoms with E-state index in [0.717, 1.165) is 17.2 Å². The summed E-state index contributed by atoms with van der Waals surface area (Å²) in [5.74, 6) is -1.46. The van der Waals surface area contributed by atoms with Crippen molar-refractivity contribution in [2.24, 2.45) is 5.73 Å². The van der Waals surface area contributed by atoms with Crippen molar-refractivity contribution in [2.45, 2.75) is 56.6 Å². The van der Waals surface area contributed by atoms with Crippen molar-refractivity contribution >= 4 is 6.09 Å². The van der Waals surface area contributed by atoms with Crippen LogP contribution in [0.5, 0.6) is 0 Å². The number of hydrogen-bond acceptors (Lipinski definition) is 5. The van der Waals surface area contributed by atoms with Gasteiger partial charge in [-0.25, -0.2) is 13.6 Å². The predicted octanol–water partition coefficient (Wildman–Crippen LogP) is 4.78. The first-order chi connectivity index (χ1) is 18.0. The summed E-state index contributed by atoms with van der Waals surface area (Å²) in [6.45, 7) is 5.31. The fourth-order valence-corrected chi connectivity index (χ4v) is 4.86. The van der Waals surface area contributed by atoms with Crippen molar-refractivity contribution < 1.29 is 28.2 Å². The highest BCUT2D eigenvalue weighted by Gasteiger charge is 2.48. The van der Waals surface area contributed by atoms with E-state index < -0.39 is 47.1 Å². The van der Waals surface area contributed by atoms with E-state index in [0.29, 0.717) is 5.56 Å². The van der Waals surface area contributed by atoms with Crippen LogP contribution in [0.2, 0.25) is 0 Å². The van der Waals surface area contributed by atoms with Crippen LogP contribution < -0.4 is 5.73 Å². The Hall–Kier alpha value is -3.33. The Bertz CT molecular complexity index is 1170. The normalized spacial score (nSPS) is 19.0. The summed E-state index contributed by atoms with van der Waals surface area (Å²) in [6, 6.07) is 20.5. The molecule has 6 nitrogen and oxygen atoms in total. The predicted molar refractivity (Wildman–Crippen MR) is 140 cm³/mol. The minimum atomic E-state index is -1.27. The number of morpholine rings is 1. The van der Waals surface area contributed by atoms with Crippen LogP contribution in [-0.2, 0) is 21.5 Å². The molecule has 1 fully saturated rings. The van der Waals surface area contributed by atoms with Crippen LogP contribution in [0.15, 0.2) is 78.9 Å². The van der Waals surface area contributed by atoms with Crippen molar-refractivity contribution in [3.05, 3.63) is 107 Å². The van der Waals surface area contributed by atoms with Crippen LogP contribution in [0.25, 0.3) is 0 Å². The zero-order valence-electron chi connectivity index (χ0n) is 21.8. The molecule has 8 heteroatoms. The maximum Gasteiger partial charge on any atom is 0.410 e. The van der Waals surface area contributed by atoms with Crippen molar-refractivity contribution in [1.29, 1.82) is 0 Å². The third kappa shape index (κ3) is 6.20. The molecule has 202 valence electrons. The molecule has 38 heavy (non-hydrogen) atoms. The first-order valence-electron chi connectivity index (χ1n) is 12.6. The van der Waals surface area contributed by atoms with E-state index in [-0.39, 0.29) is 19.6 Å². The largest absolute Gasteiger partial charge is 0.444 e. The average Bonchev–Trinajstić information content (AvgIpc) is 2.87. The summed E-state index contributed by atoms with van der Waals surface area (Å²) in [6.07, 6.45) is -1.89. The second-order valence-corrected chi connectivity index (χ2v) is 10.7. The summed E-state index contributed by atoms with van der Waals surface area (Å²) in [5.41, 5.74) is 6.51. The minimum absolute atomic E-state index is 0.00296. The molecule has 3 atom stereocenters. The number of aliphatic hydroxyl groups excluding tert-OH is 1. The molecule has 0 radical (unpaired) electrons. The van der Waals surface area contributed by atoms with Gasteiger partial charge in [-0.3, -0.25) is 4.90 Å². The van der Waals surface area contributed by atoms with Gasteiger partial charge in [-0.2, -0.15) is 0 Å². The number of ether oxygens (including phenoxy) is 2. The molecule has 1 saturated heterocycles. The zero-order valence-corrected chi connectivity index (χ0v) is 21.8. The van der Waals surface area contributed by atoms with Gasteiger partial charge in [-0.05, 0) is 56.0 Å². The first kappa shape index (κ1) is 27.7. The van der Waals surface area contributed by atoms with Crippen molar-refractivity contribution in [3.63, 3.8) is 0 Å². The second-order valence-electron chi connectivity index (χ2n) is 10.7. The number of amides is 1. The molecule has 3 N–H and O–H groups in total. The average molecular weight is 525 g/mol. The second kappa shape index (κ2) is 11.2. The topological polar surface area (TPSA) is 85.0 Å². The number of hydrogen-bond donors (Lipinski definition) is 2. The molecule has 3 aromatic rings. The number of nitrogens with zero attached hydrogens (tertiary/aromatic N) is 1. The molecular weight excluding hydrogens is 490 g/mol. The van der Waals surface area contributed by atoms with E-state index in [4.69, 9.17) is 15.2 Å². The summed E-state index contributed by atoms with van der Waals surface area (Å²) >= 11 is 0. The van der Waals surface area contributed by atoms with E-state index >= 15 is 0 Å². The Balaban J connectivity index is 1.69. The van der Waals surface area contributed by atoms with Crippen LogP contribution in [0.4, 0.5) is 13.6 Å². The fraction of sp³-hybridized carbons (Fsp3) is 0.367. The molecular formula is C30H34F2N2O4. The van der Waals surface area contributed by atoms with Crippen LogP contribution in [-0.4, -0.2) is 53.0 Å². The SMILES string of the molecule is CC(C)(C)OC(=O)N1CC(c2ccccc2)(c2ccccc2)OCC1[C@@H](O)[C@@H](N)Cc1cc(F)cc(F)c1. The maximum absolute atomic E-state index is 13.7. The van der Waals surface area contributed by atoms with E-state index in [1.54, 1.807) is 20.8 Å². The smallest absolute Gasteiger partial charge is 0.410 e. The molecule has 1 aliphatic rings. The standard InChI is InChI=1S/C30H34F2N2O4/c1-29(2,3)38-28(36)34-19-30(21-10-6-4-7-11-21,22-12-8-5-9-13-22)37-18-26(34)27(35)25(33)16-20-14-23(31)17-24(32)15-20/h4-15,17,25-27,35H,16,18-19,33H2,1-3H3/t25-,26?,27-/m0/s1. The van der Waals surface area contributed by atoms with Gasteiger partial charge < -0.3 is 20.3 Å². The van der Waals surface area contributed by atoms with Gasteiger partial charge in [-0.15, -0.1) is 0 Å². The Morgan fingerprint density at radius 1 is 1.05 bits per heavy atom. The van der Waals surface area contributed by atoms with Gasteiger partial charge >= 0.3 is 6.09 Å². The van der Waals surface area contributed by atoms with E-state index in [1.165, 1.54) is 17.0 Å². The van der Waals surface area contributed by atoms with Crippen molar-refractivity contribution in [3.8, 4) is 0 Å². The monoisotopic (exact) mass is 524 g/mol. The van der Waals surface area contributed by atoms with E-state index in [9.17, 15) is 18.7 Å². The number of rotatable bonds is 6. The molecule has 0 aliphatic carbocycles. The van der Waals surface area contributed by atoms with Gasteiger partial charge in [0.2, 0.25) is 0 Å². The lowest BCUT2D eigenvalue weighted by atomic mass is 9.83. The number of nitrogens with two attached hydrogens (primary N) is 1. The number of carbonyl (C=O) groups excluding carboxylic acids is 1. The van der Waals surface area contributed by atoms with Gasteiger partial charge in [0.05, 0.1) is 25.3 Å². The Kier molecular flexibility index (Phi) is 8.16. The lowest BCUT2D eigenvalue weighted by Gasteiger charge is -2.49. The highest BCUT2D eigenvalue weighted by molar-refractivity contribution is 5.69. The van der Waals surface area contributed by atoms with Crippen LogP contribution >= 0.6 is 0 Å². The third-order valence-electron chi connectivity index (χ3n) is 6.63. The maximum atomic E-state index is 13.7. The molecule has 0 saturated carbocycles. The van der Waals surface area contributed by atoms with Gasteiger partial charge in [0.25, 0.3) is 0 Å². The molecule has 0 aromatic heterocycles. The Labute approximate surface area is 222 Å². The summed E-state index contributed by atoms with van der Waals surface area (Å²) in [4.78, 5) is 15.0. The number of halogens is 2. The number of benzene rings is 3. The van der Waals surface area contributed by atoms with Gasteiger partial charge in [-0.1, -0.05) is 60.7 Å². The molecule has 1 heterocycles.